The molecule has 0 unspecified atom stereocenters. The fourth-order valence-electron chi connectivity index (χ4n) is 2.49. The number of nitriles is 1. The Labute approximate surface area is 156 Å². The van der Waals surface area contributed by atoms with Gasteiger partial charge in [0.2, 0.25) is 0 Å². The highest BCUT2D eigenvalue weighted by atomic mass is 32.1. The van der Waals surface area contributed by atoms with Crippen LogP contribution in [0.4, 0.5) is 0 Å². The fourth-order valence-corrected chi connectivity index (χ4v) is 2.60. The van der Waals surface area contributed by atoms with Crippen LogP contribution in [0, 0.1) is 11.3 Å². The van der Waals surface area contributed by atoms with Gasteiger partial charge in [0.05, 0.1) is 24.1 Å². The van der Waals surface area contributed by atoms with Crippen molar-refractivity contribution in [3.8, 4) is 28.8 Å². The summed E-state index contributed by atoms with van der Waals surface area (Å²) in [6, 6.07) is 19.3. The molecule has 0 saturated carbocycles. The molecular formula is C20H16N4OS. The van der Waals surface area contributed by atoms with Gasteiger partial charge in [-0.15, -0.1) is 0 Å². The van der Waals surface area contributed by atoms with Gasteiger partial charge in [0.1, 0.15) is 16.8 Å². The molecule has 0 saturated heterocycles. The van der Waals surface area contributed by atoms with Crippen molar-refractivity contribution in [2.75, 3.05) is 7.11 Å². The van der Waals surface area contributed by atoms with Crippen LogP contribution in [0.2, 0.25) is 0 Å². The van der Waals surface area contributed by atoms with Gasteiger partial charge in [-0.25, -0.2) is 4.68 Å². The number of nitrogens with zero attached hydrogens (tertiary/aromatic N) is 3. The summed E-state index contributed by atoms with van der Waals surface area (Å²) in [6.07, 6.45) is 3.51. The minimum absolute atomic E-state index is 0.0562. The summed E-state index contributed by atoms with van der Waals surface area (Å²) < 4.78 is 6.97. The van der Waals surface area contributed by atoms with Gasteiger partial charge >= 0.3 is 0 Å². The Morgan fingerprint density at radius 3 is 2.46 bits per heavy atom. The molecule has 26 heavy (non-hydrogen) atoms. The molecule has 128 valence electrons. The molecule has 0 spiro atoms. The number of rotatable bonds is 5. The topological polar surface area (TPSA) is 76.9 Å². The Balaban J connectivity index is 2.15. The third kappa shape index (κ3) is 3.63. The van der Waals surface area contributed by atoms with Crippen LogP contribution in [0.5, 0.6) is 5.75 Å². The quantitative estimate of drug-likeness (QED) is 0.426. The summed E-state index contributed by atoms with van der Waals surface area (Å²) in [5.74, 6) is 0.759. The maximum Gasteiger partial charge on any atom is 0.118 e. The zero-order valence-electron chi connectivity index (χ0n) is 14.1. The molecule has 2 aromatic carbocycles. The largest absolute Gasteiger partial charge is 0.497 e. The van der Waals surface area contributed by atoms with Crippen molar-refractivity contribution in [1.29, 1.82) is 5.26 Å². The molecular weight excluding hydrogens is 344 g/mol. The number of aromatic nitrogens is 2. The Morgan fingerprint density at radius 1 is 1.19 bits per heavy atom. The van der Waals surface area contributed by atoms with Gasteiger partial charge in [-0.05, 0) is 42.5 Å². The molecule has 5 nitrogen and oxygen atoms in total. The first-order valence-electron chi connectivity index (χ1n) is 7.83. The highest BCUT2D eigenvalue weighted by Crippen LogP contribution is 2.27. The number of hydrogen-bond donors (Lipinski definition) is 1. The molecule has 0 fully saturated rings. The van der Waals surface area contributed by atoms with E-state index >= 15 is 0 Å². The lowest BCUT2D eigenvalue weighted by Gasteiger charge is -2.03. The SMILES string of the molecule is COc1ccc(-c2nn(-c3ccccc3)cc2/C=C(/C#N)C(N)=S)cc1. The third-order valence-electron chi connectivity index (χ3n) is 3.81. The Kier molecular flexibility index (Phi) is 5.11. The Morgan fingerprint density at radius 2 is 1.88 bits per heavy atom. The molecule has 1 aromatic heterocycles. The number of benzene rings is 2. The van der Waals surface area contributed by atoms with E-state index in [-0.39, 0.29) is 10.6 Å². The fraction of sp³-hybridized carbons (Fsp3) is 0.0500. The summed E-state index contributed by atoms with van der Waals surface area (Å²) in [5.41, 5.74) is 9.16. The first-order valence-corrected chi connectivity index (χ1v) is 8.24. The molecule has 0 aliphatic heterocycles. The van der Waals surface area contributed by atoms with E-state index in [1.807, 2.05) is 66.9 Å². The average Bonchev–Trinajstić information content (AvgIpc) is 3.10. The first kappa shape index (κ1) is 17.4. The summed E-state index contributed by atoms with van der Waals surface area (Å²) in [4.78, 5) is 0.0562. The third-order valence-corrected chi connectivity index (χ3v) is 4.03. The van der Waals surface area contributed by atoms with Gasteiger partial charge in [-0.3, -0.25) is 0 Å². The van der Waals surface area contributed by atoms with E-state index in [0.29, 0.717) is 0 Å². The van der Waals surface area contributed by atoms with Crippen LogP contribution >= 0.6 is 12.2 Å². The maximum absolute atomic E-state index is 9.28. The lowest BCUT2D eigenvalue weighted by atomic mass is 10.1. The van der Waals surface area contributed by atoms with Crippen LogP contribution in [0.15, 0.2) is 66.4 Å². The van der Waals surface area contributed by atoms with E-state index < -0.39 is 0 Å². The number of methoxy groups -OCH3 is 1. The Hall–Kier alpha value is -3.43. The van der Waals surface area contributed by atoms with Gasteiger partial charge < -0.3 is 10.5 Å². The second-order valence-corrected chi connectivity index (χ2v) is 5.92. The molecule has 0 aliphatic carbocycles. The molecule has 0 amide bonds. The van der Waals surface area contributed by atoms with Crippen molar-refractivity contribution in [3.63, 3.8) is 0 Å². The van der Waals surface area contributed by atoms with Crippen molar-refractivity contribution >= 4 is 23.3 Å². The van der Waals surface area contributed by atoms with E-state index in [9.17, 15) is 5.26 Å². The van der Waals surface area contributed by atoms with Gasteiger partial charge in [0.25, 0.3) is 0 Å². The van der Waals surface area contributed by atoms with E-state index in [0.717, 1.165) is 28.3 Å². The molecule has 0 bridgehead atoms. The van der Waals surface area contributed by atoms with Crippen molar-refractivity contribution in [3.05, 3.63) is 71.9 Å². The van der Waals surface area contributed by atoms with Crippen LogP contribution in [-0.4, -0.2) is 21.9 Å². The monoisotopic (exact) mass is 360 g/mol. The summed E-state index contributed by atoms with van der Waals surface area (Å²) >= 11 is 4.95. The van der Waals surface area contributed by atoms with Crippen LogP contribution in [-0.2, 0) is 0 Å². The zero-order chi connectivity index (χ0) is 18.5. The summed E-state index contributed by atoms with van der Waals surface area (Å²) in [7, 11) is 1.62. The van der Waals surface area contributed by atoms with Crippen LogP contribution in [0.3, 0.4) is 0 Å². The minimum Gasteiger partial charge on any atom is -0.497 e. The molecule has 3 rings (SSSR count). The maximum atomic E-state index is 9.28. The average molecular weight is 360 g/mol. The predicted molar refractivity (Wildman–Crippen MR) is 106 cm³/mol. The van der Waals surface area contributed by atoms with Gasteiger partial charge in [-0.1, -0.05) is 30.4 Å². The molecule has 1 heterocycles. The smallest absolute Gasteiger partial charge is 0.118 e. The first-order chi connectivity index (χ1) is 12.6. The van der Waals surface area contributed by atoms with Gasteiger partial charge in [-0.2, -0.15) is 10.4 Å². The lowest BCUT2D eigenvalue weighted by molar-refractivity contribution is 0.415. The molecule has 0 aliphatic rings. The molecule has 0 atom stereocenters. The molecule has 6 heteroatoms. The highest BCUT2D eigenvalue weighted by Gasteiger charge is 2.13. The van der Waals surface area contributed by atoms with E-state index in [1.165, 1.54) is 0 Å². The van der Waals surface area contributed by atoms with Gasteiger partial charge in [0, 0.05) is 17.3 Å². The normalized spacial score (nSPS) is 11.0. The number of nitrogens with two attached hydrogens (primary N) is 1. The van der Waals surface area contributed by atoms with Crippen LogP contribution in [0.25, 0.3) is 23.0 Å². The second-order valence-electron chi connectivity index (χ2n) is 5.48. The molecule has 0 radical (unpaired) electrons. The summed E-state index contributed by atoms with van der Waals surface area (Å²) in [6.45, 7) is 0. The number of ether oxygens (including phenoxy) is 1. The lowest BCUT2D eigenvalue weighted by Crippen LogP contribution is -2.09. The number of hydrogen-bond acceptors (Lipinski definition) is 4. The second kappa shape index (κ2) is 7.64. The minimum atomic E-state index is 0.0562. The number of thiocarbonyl (C=S) groups is 1. The van der Waals surface area contributed by atoms with Crippen molar-refractivity contribution < 1.29 is 4.74 Å². The van der Waals surface area contributed by atoms with Crippen LogP contribution in [0.1, 0.15) is 5.56 Å². The molecule has 3 aromatic rings. The van der Waals surface area contributed by atoms with Crippen molar-refractivity contribution in [1.82, 2.24) is 9.78 Å². The predicted octanol–water partition coefficient (Wildman–Crippen LogP) is 3.74. The number of para-hydroxylation sites is 1. The van der Waals surface area contributed by atoms with Crippen molar-refractivity contribution in [2.24, 2.45) is 5.73 Å². The standard InChI is InChI=1S/C20H16N4OS/c1-25-18-9-7-14(8-10-18)19-16(11-15(12-21)20(22)26)13-24(23-19)17-5-3-2-4-6-17/h2-11,13H,1H3,(H2,22,26)/b15-11-. The highest BCUT2D eigenvalue weighted by molar-refractivity contribution is 7.80. The van der Waals surface area contributed by atoms with Crippen molar-refractivity contribution in [2.45, 2.75) is 0 Å². The summed E-state index contributed by atoms with van der Waals surface area (Å²) in [5, 5.41) is 14.0. The van der Waals surface area contributed by atoms with Gasteiger partial charge in [0.15, 0.2) is 0 Å². The molecule has 2 N–H and O–H groups in total. The van der Waals surface area contributed by atoms with E-state index in [1.54, 1.807) is 17.9 Å². The Bertz CT molecular complexity index is 999. The van der Waals surface area contributed by atoms with E-state index in [2.05, 4.69) is 0 Å². The van der Waals surface area contributed by atoms with E-state index in [4.69, 9.17) is 27.8 Å². The van der Waals surface area contributed by atoms with Crippen LogP contribution < -0.4 is 10.5 Å². The zero-order valence-corrected chi connectivity index (χ0v) is 14.9.